The molecule has 0 bridgehead atoms. The first-order valence-corrected chi connectivity index (χ1v) is 11.8. The minimum atomic E-state index is 1.09. The lowest BCUT2D eigenvalue weighted by Gasteiger charge is -2.32. The SMILES string of the molecule is CCCCC[C@H]1CC[C@H](CC[C@H]2CC[C@H](CCCCC)CC2)CC1. The van der Waals surface area contributed by atoms with Crippen LogP contribution in [0.2, 0.25) is 0 Å². The summed E-state index contributed by atoms with van der Waals surface area (Å²) in [5.74, 6) is 4.36. The van der Waals surface area contributed by atoms with Crippen LogP contribution in [0.4, 0.5) is 0 Å². The van der Waals surface area contributed by atoms with Gasteiger partial charge in [-0.1, -0.05) is 129 Å². The molecule has 0 nitrogen and oxygen atoms in total. The van der Waals surface area contributed by atoms with Crippen LogP contribution in [0.3, 0.4) is 0 Å². The highest BCUT2D eigenvalue weighted by molar-refractivity contribution is 4.77. The van der Waals surface area contributed by atoms with Gasteiger partial charge < -0.3 is 0 Å². The first-order valence-electron chi connectivity index (χ1n) is 11.8. The quantitative estimate of drug-likeness (QED) is 0.332. The molecule has 0 aliphatic heterocycles. The molecule has 2 fully saturated rings. The Bertz CT molecular complexity index is 248. The molecule has 0 saturated heterocycles. The first-order chi connectivity index (χ1) is 11.8. The van der Waals surface area contributed by atoms with Crippen LogP contribution in [-0.4, -0.2) is 0 Å². The second-order valence-electron chi connectivity index (χ2n) is 9.34. The van der Waals surface area contributed by atoms with E-state index in [1.165, 1.54) is 51.4 Å². The molecular formula is C24H46. The van der Waals surface area contributed by atoms with Crippen LogP contribution in [0.1, 0.15) is 129 Å². The minimum absolute atomic E-state index is 1.09. The topological polar surface area (TPSA) is 0 Å². The third-order valence-electron chi connectivity index (χ3n) is 7.35. The molecule has 2 aliphatic carbocycles. The van der Waals surface area contributed by atoms with E-state index in [9.17, 15) is 0 Å². The van der Waals surface area contributed by atoms with Gasteiger partial charge in [0.05, 0.1) is 0 Å². The third kappa shape index (κ3) is 7.92. The van der Waals surface area contributed by atoms with Crippen molar-refractivity contribution < 1.29 is 0 Å². The lowest BCUT2D eigenvalue weighted by Crippen LogP contribution is -2.18. The smallest absolute Gasteiger partial charge is 0.0414 e. The third-order valence-corrected chi connectivity index (χ3v) is 7.35. The zero-order valence-corrected chi connectivity index (χ0v) is 17.0. The zero-order chi connectivity index (χ0) is 17.0. The molecule has 0 unspecified atom stereocenters. The van der Waals surface area contributed by atoms with Crippen LogP contribution < -0.4 is 0 Å². The fourth-order valence-electron chi connectivity index (χ4n) is 5.46. The van der Waals surface area contributed by atoms with Crippen molar-refractivity contribution in [3.05, 3.63) is 0 Å². The Balaban J connectivity index is 1.49. The molecule has 2 rings (SSSR count). The van der Waals surface area contributed by atoms with E-state index in [4.69, 9.17) is 0 Å². The molecule has 0 spiro atoms. The summed E-state index contributed by atoms with van der Waals surface area (Å²) in [7, 11) is 0. The van der Waals surface area contributed by atoms with Crippen molar-refractivity contribution in [3.63, 3.8) is 0 Å². The fraction of sp³-hybridized carbons (Fsp3) is 1.00. The zero-order valence-electron chi connectivity index (χ0n) is 17.0. The summed E-state index contributed by atoms with van der Waals surface area (Å²) in [4.78, 5) is 0. The molecule has 0 heterocycles. The van der Waals surface area contributed by atoms with E-state index in [2.05, 4.69) is 13.8 Å². The van der Waals surface area contributed by atoms with Gasteiger partial charge in [0.25, 0.3) is 0 Å². The molecule has 0 aromatic carbocycles. The number of rotatable bonds is 11. The van der Waals surface area contributed by atoms with Crippen molar-refractivity contribution >= 4 is 0 Å². The van der Waals surface area contributed by atoms with Gasteiger partial charge in [-0.15, -0.1) is 0 Å². The number of unbranched alkanes of at least 4 members (excludes halogenated alkanes) is 4. The van der Waals surface area contributed by atoms with E-state index in [1.807, 2.05) is 0 Å². The van der Waals surface area contributed by atoms with Crippen LogP contribution in [0.15, 0.2) is 0 Å². The van der Waals surface area contributed by atoms with E-state index < -0.39 is 0 Å². The normalized spacial score (nSPS) is 31.2. The van der Waals surface area contributed by atoms with Gasteiger partial charge in [0.1, 0.15) is 0 Å². The maximum absolute atomic E-state index is 2.33. The summed E-state index contributed by atoms with van der Waals surface area (Å²) in [5.41, 5.74) is 0. The van der Waals surface area contributed by atoms with Gasteiger partial charge in [-0.25, -0.2) is 0 Å². The summed E-state index contributed by atoms with van der Waals surface area (Å²) in [6.07, 6.45) is 27.3. The maximum Gasteiger partial charge on any atom is -0.0414 e. The van der Waals surface area contributed by atoms with E-state index in [-0.39, 0.29) is 0 Å². The molecule has 0 radical (unpaired) electrons. The van der Waals surface area contributed by atoms with Crippen LogP contribution in [0.5, 0.6) is 0 Å². The fourth-order valence-corrected chi connectivity index (χ4v) is 5.46. The summed E-state index contributed by atoms with van der Waals surface area (Å²) < 4.78 is 0. The molecular weight excluding hydrogens is 288 g/mol. The van der Waals surface area contributed by atoms with Crippen molar-refractivity contribution in [1.29, 1.82) is 0 Å². The second-order valence-corrected chi connectivity index (χ2v) is 9.34. The van der Waals surface area contributed by atoms with E-state index in [0.29, 0.717) is 0 Å². The van der Waals surface area contributed by atoms with Crippen LogP contribution in [0.25, 0.3) is 0 Å². The van der Waals surface area contributed by atoms with E-state index >= 15 is 0 Å². The monoisotopic (exact) mass is 334 g/mol. The Hall–Kier alpha value is 0. The van der Waals surface area contributed by atoms with Crippen molar-refractivity contribution in [2.45, 2.75) is 129 Å². The Labute approximate surface area is 153 Å². The molecule has 0 aromatic rings. The average Bonchev–Trinajstić information content (AvgIpc) is 2.63. The van der Waals surface area contributed by atoms with E-state index in [0.717, 1.165) is 23.7 Å². The molecule has 0 atom stereocenters. The largest absolute Gasteiger partial charge is 0.0654 e. The Morgan fingerprint density at radius 3 is 1.00 bits per heavy atom. The van der Waals surface area contributed by atoms with Crippen LogP contribution >= 0.6 is 0 Å². The molecule has 2 saturated carbocycles. The van der Waals surface area contributed by atoms with Gasteiger partial charge in [-0.2, -0.15) is 0 Å². The summed E-state index contributed by atoms with van der Waals surface area (Å²) in [6, 6.07) is 0. The number of hydrogen-bond donors (Lipinski definition) is 0. The summed E-state index contributed by atoms with van der Waals surface area (Å²) in [5, 5.41) is 0. The highest BCUT2D eigenvalue weighted by Gasteiger charge is 2.24. The highest BCUT2D eigenvalue weighted by Crippen LogP contribution is 2.38. The Morgan fingerprint density at radius 1 is 0.417 bits per heavy atom. The molecule has 0 amide bonds. The molecule has 0 heteroatoms. The molecule has 24 heavy (non-hydrogen) atoms. The second kappa shape index (κ2) is 12.4. The van der Waals surface area contributed by atoms with Crippen molar-refractivity contribution in [3.8, 4) is 0 Å². The minimum Gasteiger partial charge on any atom is -0.0654 e. The number of hydrogen-bond acceptors (Lipinski definition) is 0. The van der Waals surface area contributed by atoms with E-state index in [1.54, 1.807) is 64.2 Å². The Kier molecular flexibility index (Phi) is 10.5. The molecule has 142 valence electrons. The van der Waals surface area contributed by atoms with Crippen molar-refractivity contribution in [2.75, 3.05) is 0 Å². The first kappa shape index (κ1) is 20.3. The highest BCUT2D eigenvalue weighted by atomic mass is 14.3. The molecule has 0 N–H and O–H groups in total. The van der Waals surface area contributed by atoms with Gasteiger partial charge in [0.15, 0.2) is 0 Å². The van der Waals surface area contributed by atoms with Gasteiger partial charge in [0, 0.05) is 0 Å². The van der Waals surface area contributed by atoms with Crippen LogP contribution in [0, 0.1) is 23.7 Å². The van der Waals surface area contributed by atoms with Gasteiger partial charge in [0.2, 0.25) is 0 Å². The van der Waals surface area contributed by atoms with Gasteiger partial charge in [-0.05, 0) is 23.7 Å². The molecule has 0 aromatic heterocycles. The van der Waals surface area contributed by atoms with Crippen molar-refractivity contribution in [2.24, 2.45) is 23.7 Å². The maximum atomic E-state index is 2.33. The predicted molar refractivity (Wildman–Crippen MR) is 108 cm³/mol. The predicted octanol–water partition coefficient (Wildman–Crippen LogP) is 8.54. The average molecular weight is 335 g/mol. The Morgan fingerprint density at radius 2 is 0.708 bits per heavy atom. The molecule has 2 aliphatic rings. The van der Waals surface area contributed by atoms with Gasteiger partial charge >= 0.3 is 0 Å². The summed E-state index contributed by atoms with van der Waals surface area (Å²) >= 11 is 0. The van der Waals surface area contributed by atoms with Crippen molar-refractivity contribution in [1.82, 2.24) is 0 Å². The van der Waals surface area contributed by atoms with Gasteiger partial charge in [-0.3, -0.25) is 0 Å². The van der Waals surface area contributed by atoms with Crippen LogP contribution in [-0.2, 0) is 0 Å². The standard InChI is InChI=1S/C24H46/c1-3-5-7-9-21-11-15-23(16-12-21)19-20-24-17-13-22(14-18-24)10-8-6-4-2/h21-24H,3-20H2,1-2H3/t21-,22-,23-,24-. The lowest BCUT2D eigenvalue weighted by molar-refractivity contribution is 0.207. The summed E-state index contributed by atoms with van der Waals surface area (Å²) in [6.45, 7) is 4.66. The lowest BCUT2D eigenvalue weighted by atomic mass is 9.74.